The number of fused-ring (bicyclic) bond motifs is 1. The molecule has 29 heavy (non-hydrogen) atoms. The molecule has 1 unspecified atom stereocenters. The van der Waals surface area contributed by atoms with E-state index in [0.29, 0.717) is 42.4 Å². The van der Waals surface area contributed by atoms with Gasteiger partial charge in [0.15, 0.2) is 0 Å². The second-order valence-corrected chi connectivity index (χ2v) is 8.76. The van der Waals surface area contributed by atoms with Crippen LogP contribution in [0.15, 0.2) is 48.5 Å². The van der Waals surface area contributed by atoms with E-state index in [9.17, 15) is 9.59 Å². The summed E-state index contributed by atoms with van der Waals surface area (Å²) >= 11 is 6.38. The van der Waals surface area contributed by atoms with Crippen molar-refractivity contribution in [3.63, 3.8) is 0 Å². The van der Waals surface area contributed by atoms with E-state index in [0.717, 1.165) is 17.5 Å². The van der Waals surface area contributed by atoms with Crippen LogP contribution in [0, 0.1) is 5.92 Å². The van der Waals surface area contributed by atoms with Gasteiger partial charge in [-0.15, -0.1) is 0 Å². The molecule has 2 aromatic rings. The van der Waals surface area contributed by atoms with Gasteiger partial charge in [-0.1, -0.05) is 61.8 Å². The number of hydrogen-bond acceptors (Lipinski definition) is 2. The van der Waals surface area contributed by atoms with Crippen molar-refractivity contribution in [3.8, 4) is 0 Å². The lowest BCUT2D eigenvalue weighted by Crippen LogP contribution is -2.58. The predicted octanol–water partition coefficient (Wildman–Crippen LogP) is 4.85. The highest BCUT2D eigenvalue weighted by molar-refractivity contribution is 6.31. The van der Waals surface area contributed by atoms with Crippen molar-refractivity contribution in [1.29, 1.82) is 0 Å². The summed E-state index contributed by atoms with van der Waals surface area (Å²) in [6.07, 6.45) is 2.14. The van der Waals surface area contributed by atoms with E-state index in [4.69, 9.17) is 11.6 Å². The minimum Gasteiger partial charge on any atom is -0.354 e. The molecule has 1 aliphatic rings. The smallest absolute Gasteiger partial charge is 0.255 e. The summed E-state index contributed by atoms with van der Waals surface area (Å²) in [6, 6.07) is 15.1. The lowest BCUT2D eigenvalue weighted by Gasteiger charge is -2.39. The van der Waals surface area contributed by atoms with Crippen LogP contribution in [0.25, 0.3) is 0 Å². The molecule has 0 spiro atoms. The Labute approximate surface area is 178 Å². The molecule has 0 saturated carbocycles. The zero-order chi connectivity index (χ0) is 21.0. The van der Waals surface area contributed by atoms with Crippen molar-refractivity contribution in [2.45, 2.75) is 52.1 Å². The summed E-state index contributed by atoms with van der Waals surface area (Å²) in [5.74, 6) is 0.272. The van der Waals surface area contributed by atoms with Crippen LogP contribution < -0.4 is 5.32 Å². The second-order valence-electron chi connectivity index (χ2n) is 8.35. The van der Waals surface area contributed by atoms with Crippen molar-refractivity contribution in [2.24, 2.45) is 5.92 Å². The number of nitrogens with one attached hydrogen (secondary N) is 1. The van der Waals surface area contributed by atoms with E-state index < -0.39 is 5.54 Å². The van der Waals surface area contributed by atoms with Gasteiger partial charge in [0, 0.05) is 23.7 Å². The molecule has 0 radical (unpaired) electrons. The third-order valence-corrected chi connectivity index (χ3v) is 6.12. The van der Waals surface area contributed by atoms with E-state index in [1.54, 1.807) is 4.90 Å². The van der Waals surface area contributed by atoms with Crippen molar-refractivity contribution in [2.75, 3.05) is 6.54 Å². The van der Waals surface area contributed by atoms with Gasteiger partial charge in [-0.3, -0.25) is 9.59 Å². The number of hydrogen-bond donors (Lipinski definition) is 1. The number of amides is 2. The van der Waals surface area contributed by atoms with Crippen LogP contribution in [0.1, 0.15) is 55.1 Å². The van der Waals surface area contributed by atoms with Crippen LogP contribution in [-0.4, -0.2) is 28.8 Å². The fraction of sp³-hybridized carbons (Fsp3) is 0.417. The van der Waals surface area contributed by atoms with Gasteiger partial charge in [0.05, 0.1) is 0 Å². The monoisotopic (exact) mass is 412 g/mol. The van der Waals surface area contributed by atoms with Crippen LogP contribution in [0.2, 0.25) is 5.02 Å². The SMILES string of the molecule is CC(C)CCNC(=O)C1(C)CCc2ccccc2C(=O)N1Cc1ccccc1Cl. The third-order valence-electron chi connectivity index (χ3n) is 5.75. The molecular weight excluding hydrogens is 384 g/mol. The van der Waals surface area contributed by atoms with E-state index >= 15 is 0 Å². The normalized spacial score (nSPS) is 19.1. The van der Waals surface area contributed by atoms with Crippen molar-refractivity contribution in [3.05, 3.63) is 70.2 Å². The maximum atomic E-state index is 13.6. The fourth-order valence-electron chi connectivity index (χ4n) is 3.77. The standard InChI is InChI=1S/C24H29ClN2O2/c1-17(2)13-15-26-23(29)24(3)14-12-18-8-4-6-10-20(18)22(28)27(24)16-19-9-5-7-11-21(19)25/h4-11,17H,12-16H2,1-3H3,(H,26,29). The predicted molar refractivity (Wildman–Crippen MR) is 117 cm³/mol. The summed E-state index contributed by atoms with van der Waals surface area (Å²) in [7, 11) is 0. The number of carbonyl (C=O) groups excluding carboxylic acids is 2. The molecule has 1 heterocycles. The maximum Gasteiger partial charge on any atom is 0.255 e. The number of nitrogens with zero attached hydrogens (tertiary/aromatic N) is 1. The zero-order valence-corrected chi connectivity index (χ0v) is 18.1. The van der Waals surface area contributed by atoms with Crippen LogP contribution >= 0.6 is 11.6 Å². The Hall–Kier alpha value is -2.33. The van der Waals surface area contributed by atoms with Gasteiger partial charge in [0.25, 0.3) is 5.91 Å². The van der Waals surface area contributed by atoms with E-state index in [-0.39, 0.29) is 11.8 Å². The van der Waals surface area contributed by atoms with Crippen LogP contribution in [0.3, 0.4) is 0 Å². The highest BCUT2D eigenvalue weighted by Gasteiger charge is 2.44. The Morgan fingerprint density at radius 1 is 1.17 bits per heavy atom. The van der Waals surface area contributed by atoms with Gasteiger partial charge in [-0.05, 0) is 55.4 Å². The molecule has 2 aromatic carbocycles. The van der Waals surface area contributed by atoms with Crippen molar-refractivity contribution < 1.29 is 9.59 Å². The van der Waals surface area contributed by atoms with E-state index in [2.05, 4.69) is 19.2 Å². The summed E-state index contributed by atoms with van der Waals surface area (Å²) in [5.41, 5.74) is 1.54. The molecule has 1 N–H and O–H groups in total. The molecule has 5 heteroatoms. The zero-order valence-electron chi connectivity index (χ0n) is 17.4. The number of halogens is 1. The van der Waals surface area contributed by atoms with Gasteiger partial charge in [-0.2, -0.15) is 0 Å². The summed E-state index contributed by atoms with van der Waals surface area (Å²) in [6.45, 7) is 7.03. The Balaban J connectivity index is 1.97. The van der Waals surface area contributed by atoms with Gasteiger partial charge in [-0.25, -0.2) is 0 Å². The molecule has 0 saturated heterocycles. The second kappa shape index (κ2) is 9.00. The van der Waals surface area contributed by atoms with Crippen LogP contribution in [-0.2, 0) is 17.8 Å². The average molecular weight is 413 g/mol. The van der Waals surface area contributed by atoms with Gasteiger partial charge >= 0.3 is 0 Å². The van der Waals surface area contributed by atoms with Gasteiger partial charge < -0.3 is 10.2 Å². The first-order valence-electron chi connectivity index (χ1n) is 10.2. The molecule has 2 amide bonds. The molecule has 154 valence electrons. The minimum absolute atomic E-state index is 0.105. The molecule has 1 aliphatic heterocycles. The molecule has 4 nitrogen and oxygen atoms in total. The Morgan fingerprint density at radius 2 is 1.86 bits per heavy atom. The average Bonchev–Trinajstić information content (AvgIpc) is 2.80. The van der Waals surface area contributed by atoms with E-state index in [1.165, 1.54) is 0 Å². The van der Waals surface area contributed by atoms with Crippen LogP contribution in [0.4, 0.5) is 0 Å². The summed E-state index contributed by atoms with van der Waals surface area (Å²) in [5, 5.41) is 3.66. The van der Waals surface area contributed by atoms with Crippen molar-refractivity contribution >= 4 is 23.4 Å². The number of aryl methyl sites for hydroxylation is 1. The molecular formula is C24H29ClN2O2. The number of rotatable bonds is 6. The highest BCUT2D eigenvalue weighted by Crippen LogP contribution is 2.33. The Morgan fingerprint density at radius 3 is 2.59 bits per heavy atom. The molecule has 0 bridgehead atoms. The van der Waals surface area contributed by atoms with Gasteiger partial charge in [0.2, 0.25) is 5.91 Å². The Bertz CT molecular complexity index is 896. The molecule has 0 aliphatic carbocycles. The maximum absolute atomic E-state index is 13.6. The first kappa shape index (κ1) is 21.4. The van der Waals surface area contributed by atoms with Crippen molar-refractivity contribution in [1.82, 2.24) is 10.2 Å². The molecule has 3 rings (SSSR count). The molecule has 1 atom stereocenters. The van der Waals surface area contributed by atoms with Crippen LogP contribution in [0.5, 0.6) is 0 Å². The fourth-order valence-corrected chi connectivity index (χ4v) is 3.97. The summed E-state index contributed by atoms with van der Waals surface area (Å²) in [4.78, 5) is 28.6. The lowest BCUT2D eigenvalue weighted by atomic mass is 9.91. The highest BCUT2D eigenvalue weighted by atomic mass is 35.5. The third kappa shape index (κ3) is 4.64. The largest absolute Gasteiger partial charge is 0.354 e. The topological polar surface area (TPSA) is 49.4 Å². The lowest BCUT2D eigenvalue weighted by molar-refractivity contribution is -0.132. The first-order valence-corrected chi connectivity index (χ1v) is 10.6. The molecule has 0 aromatic heterocycles. The number of benzene rings is 2. The number of carbonyl (C=O) groups is 2. The summed E-state index contributed by atoms with van der Waals surface area (Å²) < 4.78 is 0. The quantitative estimate of drug-likeness (QED) is 0.737. The van der Waals surface area contributed by atoms with E-state index in [1.807, 2.05) is 55.5 Å². The van der Waals surface area contributed by atoms with Gasteiger partial charge in [0.1, 0.15) is 5.54 Å². The first-order chi connectivity index (χ1) is 13.8. The minimum atomic E-state index is -0.952. The molecule has 0 fully saturated rings. The Kier molecular flexibility index (Phi) is 6.63.